The van der Waals surface area contributed by atoms with E-state index < -0.39 is 0 Å². The van der Waals surface area contributed by atoms with Crippen LogP contribution < -0.4 is 20.7 Å². The number of nitrogens with one attached hydrogen (secondary N) is 3. The smallest absolute Gasteiger partial charge is 0.255 e. The molecule has 3 rings (SSSR count). The van der Waals surface area contributed by atoms with Gasteiger partial charge in [-0.05, 0) is 73.5 Å². The molecule has 156 valence electrons. The molecule has 0 aliphatic carbocycles. The van der Waals surface area contributed by atoms with Gasteiger partial charge >= 0.3 is 0 Å². The van der Waals surface area contributed by atoms with Crippen molar-refractivity contribution in [3.8, 4) is 5.75 Å². The number of aromatic nitrogens is 1. The number of unbranched alkanes of at least 4 members (excludes halogenated alkanes) is 1. The van der Waals surface area contributed by atoms with Crippen LogP contribution in [0.1, 0.15) is 28.8 Å². The summed E-state index contributed by atoms with van der Waals surface area (Å²) in [5, 5.41) is 9.72. The van der Waals surface area contributed by atoms with Gasteiger partial charge in [0.2, 0.25) is 0 Å². The maximum Gasteiger partial charge on any atom is 0.255 e. The lowest BCUT2D eigenvalue weighted by Gasteiger charge is -2.09. The zero-order valence-electron chi connectivity index (χ0n) is 17.2. The molecular formula is C24H28N4O2. The average Bonchev–Trinajstić information content (AvgIpc) is 2.79. The molecule has 0 saturated heterocycles. The Balaban J connectivity index is 1.37. The number of benzene rings is 2. The van der Waals surface area contributed by atoms with E-state index in [1.165, 1.54) is 0 Å². The Morgan fingerprint density at radius 2 is 1.80 bits per heavy atom. The van der Waals surface area contributed by atoms with Crippen LogP contribution in [0.4, 0.5) is 11.5 Å². The number of amides is 1. The molecular weight excluding hydrogens is 376 g/mol. The fourth-order valence-corrected chi connectivity index (χ4v) is 3.00. The van der Waals surface area contributed by atoms with Crippen molar-refractivity contribution in [3.05, 3.63) is 84.1 Å². The van der Waals surface area contributed by atoms with Crippen molar-refractivity contribution in [2.24, 2.45) is 0 Å². The lowest BCUT2D eigenvalue weighted by Crippen LogP contribution is -2.16. The summed E-state index contributed by atoms with van der Waals surface area (Å²) in [6.45, 7) is 2.61. The minimum atomic E-state index is -0.136. The number of carbonyl (C=O) groups excluding carboxylic acids is 1. The quantitative estimate of drug-likeness (QED) is 0.415. The summed E-state index contributed by atoms with van der Waals surface area (Å²) < 4.78 is 5.13. The van der Waals surface area contributed by atoms with Gasteiger partial charge in [-0.1, -0.05) is 18.2 Å². The number of ether oxygens (including phenoxy) is 1. The van der Waals surface area contributed by atoms with E-state index in [1.54, 1.807) is 37.6 Å². The topological polar surface area (TPSA) is 75.3 Å². The summed E-state index contributed by atoms with van der Waals surface area (Å²) in [6.07, 6.45) is 3.94. The zero-order chi connectivity index (χ0) is 21.0. The van der Waals surface area contributed by atoms with Crippen LogP contribution in [0.5, 0.6) is 5.75 Å². The molecule has 6 heteroatoms. The predicted molar refractivity (Wildman–Crippen MR) is 121 cm³/mol. The van der Waals surface area contributed by atoms with Crippen LogP contribution >= 0.6 is 0 Å². The molecule has 0 aliphatic heterocycles. The second kappa shape index (κ2) is 11.6. The SMILES string of the molecule is COc1ccc(C(=O)Nc2cccc(CNCCCCNc3ccccn3)c2)cc1. The van der Waals surface area contributed by atoms with Gasteiger partial charge in [-0.2, -0.15) is 0 Å². The fraction of sp³-hybridized carbons (Fsp3) is 0.250. The summed E-state index contributed by atoms with van der Waals surface area (Å²) in [5.74, 6) is 1.51. The molecule has 0 spiro atoms. The molecule has 2 aromatic carbocycles. The zero-order valence-corrected chi connectivity index (χ0v) is 17.2. The van der Waals surface area contributed by atoms with Crippen molar-refractivity contribution >= 4 is 17.4 Å². The van der Waals surface area contributed by atoms with Crippen LogP contribution in [0, 0.1) is 0 Å². The molecule has 0 bridgehead atoms. The molecule has 1 amide bonds. The highest BCUT2D eigenvalue weighted by Gasteiger charge is 2.06. The standard InChI is InChI=1S/C24H28N4O2/c1-30-22-12-10-20(11-13-22)24(29)28-21-8-6-7-19(17-21)18-25-14-4-5-16-27-23-9-2-3-15-26-23/h2-3,6-13,15,17,25H,4-5,14,16,18H2,1H3,(H,26,27)(H,28,29). The van der Waals surface area contributed by atoms with E-state index in [-0.39, 0.29) is 5.91 Å². The first-order valence-corrected chi connectivity index (χ1v) is 10.1. The third-order valence-corrected chi connectivity index (χ3v) is 4.62. The van der Waals surface area contributed by atoms with E-state index in [0.29, 0.717) is 5.56 Å². The van der Waals surface area contributed by atoms with Crippen molar-refractivity contribution in [2.75, 3.05) is 30.8 Å². The van der Waals surface area contributed by atoms with Gasteiger partial charge in [0.05, 0.1) is 7.11 Å². The molecule has 3 N–H and O–H groups in total. The van der Waals surface area contributed by atoms with E-state index in [1.807, 2.05) is 36.4 Å². The molecule has 0 fully saturated rings. The highest BCUT2D eigenvalue weighted by atomic mass is 16.5. The van der Waals surface area contributed by atoms with Crippen LogP contribution in [0.25, 0.3) is 0 Å². The van der Waals surface area contributed by atoms with Crippen LogP contribution in [0.15, 0.2) is 72.9 Å². The second-order valence-electron chi connectivity index (χ2n) is 6.91. The second-order valence-corrected chi connectivity index (χ2v) is 6.91. The first-order valence-electron chi connectivity index (χ1n) is 10.1. The number of rotatable bonds is 11. The molecule has 30 heavy (non-hydrogen) atoms. The summed E-state index contributed by atoms with van der Waals surface area (Å²) in [4.78, 5) is 16.7. The van der Waals surface area contributed by atoms with E-state index in [9.17, 15) is 4.79 Å². The molecule has 0 aliphatic rings. The van der Waals surface area contributed by atoms with E-state index in [0.717, 1.165) is 55.3 Å². The maximum atomic E-state index is 12.4. The predicted octanol–water partition coefficient (Wildman–Crippen LogP) is 4.32. The van der Waals surface area contributed by atoms with Gasteiger partial charge in [-0.25, -0.2) is 4.98 Å². The number of nitrogens with zero attached hydrogens (tertiary/aromatic N) is 1. The number of hydrogen-bond acceptors (Lipinski definition) is 5. The average molecular weight is 405 g/mol. The largest absolute Gasteiger partial charge is 0.497 e. The number of hydrogen-bond donors (Lipinski definition) is 3. The highest BCUT2D eigenvalue weighted by Crippen LogP contribution is 2.15. The Kier molecular flexibility index (Phi) is 8.23. The maximum absolute atomic E-state index is 12.4. The lowest BCUT2D eigenvalue weighted by atomic mass is 10.1. The first-order chi connectivity index (χ1) is 14.7. The van der Waals surface area contributed by atoms with Gasteiger partial charge in [-0.3, -0.25) is 4.79 Å². The molecule has 1 heterocycles. The third-order valence-electron chi connectivity index (χ3n) is 4.62. The van der Waals surface area contributed by atoms with E-state index in [4.69, 9.17) is 4.74 Å². The van der Waals surface area contributed by atoms with Crippen molar-refractivity contribution in [1.29, 1.82) is 0 Å². The molecule has 3 aromatic rings. The minimum Gasteiger partial charge on any atom is -0.497 e. The summed E-state index contributed by atoms with van der Waals surface area (Å²) in [6, 6.07) is 20.8. The van der Waals surface area contributed by atoms with Gasteiger partial charge in [0.25, 0.3) is 5.91 Å². The van der Waals surface area contributed by atoms with Crippen molar-refractivity contribution < 1.29 is 9.53 Å². The van der Waals surface area contributed by atoms with Gasteiger partial charge in [0, 0.05) is 30.5 Å². The van der Waals surface area contributed by atoms with E-state index >= 15 is 0 Å². The van der Waals surface area contributed by atoms with Gasteiger partial charge in [-0.15, -0.1) is 0 Å². The molecule has 0 atom stereocenters. The minimum absolute atomic E-state index is 0.136. The van der Waals surface area contributed by atoms with E-state index in [2.05, 4.69) is 27.0 Å². The third kappa shape index (κ3) is 6.90. The Hall–Kier alpha value is -3.38. The van der Waals surface area contributed by atoms with Crippen LogP contribution in [-0.4, -0.2) is 31.1 Å². The number of methoxy groups -OCH3 is 1. The highest BCUT2D eigenvalue weighted by molar-refractivity contribution is 6.04. The number of carbonyl (C=O) groups is 1. The fourth-order valence-electron chi connectivity index (χ4n) is 3.00. The van der Waals surface area contributed by atoms with Crippen LogP contribution in [0.2, 0.25) is 0 Å². The molecule has 6 nitrogen and oxygen atoms in total. The lowest BCUT2D eigenvalue weighted by molar-refractivity contribution is 0.102. The van der Waals surface area contributed by atoms with Gasteiger partial charge in [0.15, 0.2) is 0 Å². The molecule has 0 unspecified atom stereocenters. The summed E-state index contributed by atoms with van der Waals surface area (Å²) in [5.41, 5.74) is 2.52. The number of anilines is 2. The summed E-state index contributed by atoms with van der Waals surface area (Å²) >= 11 is 0. The Morgan fingerprint density at radius 3 is 2.57 bits per heavy atom. The van der Waals surface area contributed by atoms with Crippen LogP contribution in [0.3, 0.4) is 0 Å². The number of pyridine rings is 1. The van der Waals surface area contributed by atoms with Gasteiger partial charge < -0.3 is 20.7 Å². The summed E-state index contributed by atoms with van der Waals surface area (Å²) in [7, 11) is 1.60. The molecule has 0 saturated carbocycles. The first kappa shape index (κ1) is 21.3. The van der Waals surface area contributed by atoms with Crippen molar-refractivity contribution in [3.63, 3.8) is 0 Å². The van der Waals surface area contributed by atoms with Crippen LogP contribution in [-0.2, 0) is 6.54 Å². The normalized spacial score (nSPS) is 10.4. The van der Waals surface area contributed by atoms with Crippen molar-refractivity contribution in [2.45, 2.75) is 19.4 Å². The molecule has 0 radical (unpaired) electrons. The Morgan fingerprint density at radius 1 is 0.967 bits per heavy atom. The van der Waals surface area contributed by atoms with Crippen molar-refractivity contribution in [1.82, 2.24) is 10.3 Å². The van der Waals surface area contributed by atoms with Gasteiger partial charge in [0.1, 0.15) is 11.6 Å². The monoisotopic (exact) mass is 404 g/mol. The Bertz CT molecular complexity index is 914. The Labute approximate surface area is 177 Å². The molecule has 1 aromatic heterocycles.